The minimum absolute atomic E-state index is 0.0217. The topological polar surface area (TPSA) is 72.3 Å². The molecule has 17 heteroatoms. The number of hydrogen-bond acceptors (Lipinski definition) is 5. The Morgan fingerprint density at radius 2 is 1.04 bits per heavy atom. The minimum Gasteiger partial charge on any atom is -0.441 e. The lowest BCUT2D eigenvalue weighted by Crippen LogP contribution is -2.54. The number of alkyl halides is 12. The zero-order valence-electron chi connectivity index (χ0n) is 22.4. The first kappa shape index (κ1) is 32.1. The minimum atomic E-state index is -6.24. The first-order valence-electron chi connectivity index (χ1n) is 12.4. The summed E-state index contributed by atoms with van der Waals surface area (Å²) in [5.74, 6) is -0.769. The van der Waals surface area contributed by atoms with Gasteiger partial charge in [-0.15, -0.1) is 0 Å². The lowest BCUT2D eigenvalue weighted by atomic mass is 9.72. The normalized spacial score (nSPS) is 14.1. The molecule has 0 fully saturated rings. The van der Waals surface area contributed by atoms with Crippen molar-refractivity contribution in [2.45, 2.75) is 49.6 Å². The van der Waals surface area contributed by atoms with E-state index < -0.39 is 75.0 Å². The molecule has 0 amide bonds. The van der Waals surface area contributed by atoms with E-state index in [4.69, 9.17) is 8.83 Å². The Balaban J connectivity index is 1.72. The number of fused-ring (bicyclic) bond motifs is 2. The Hall–Kier alpha value is -4.28. The number of benzene rings is 3. The first-order valence-corrected chi connectivity index (χ1v) is 12.4. The van der Waals surface area contributed by atoms with Crippen LogP contribution in [0.3, 0.4) is 0 Å². The summed E-state index contributed by atoms with van der Waals surface area (Å²) in [6.07, 6.45) is -24.5. The molecule has 0 saturated heterocycles. The van der Waals surface area contributed by atoms with E-state index in [2.05, 4.69) is 9.97 Å². The monoisotopic (exact) mass is 656 g/mol. The standard InChI is InChI=1S/C28H16F12N2O3/c1-12-7-14(9-17(8-12)24(43,27(35,36)37)28(38,39)40)22-42-19-11-16(4-6-21(19)45-22)23(25(29,30)31,26(32,33)34)15-3-5-20-18(10-15)41-13(2)44-20/h3-11,43H,1-2H3. The molecule has 0 radical (unpaired) electrons. The van der Waals surface area contributed by atoms with Crippen LogP contribution in [0, 0.1) is 13.8 Å². The molecule has 5 rings (SSSR count). The second kappa shape index (κ2) is 9.86. The highest BCUT2D eigenvalue weighted by molar-refractivity contribution is 5.79. The fraction of sp³-hybridized carbons (Fsp3) is 0.286. The number of aliphatic hydroxyl groups is 1. The molecule has 0 atom stereocenters. The van der Waals surface area contributed by atoms with E-state index in [1.54, 1.807) is 0 Å². The van der Waals surface area contributed by atoms with E-state index in [0.29, 0.717) is 36.4 Å². The van der Waals surface area contributed by atoms with Crippen molar-refractivity contribution in [2.24, 2.45) is 0 Å². The predicted octanol–water partition coefficient (Wildman–Crippen LogP) is 8.98. The molecule has 0 aliphatic rings. The molecule has 0 bridgehead atoms. The van der Waals surface area contributed by atoms with E-state index >= 15 is 0 Å². The van der Waals surface area contributed by atoms with Crippen LogP contribution in [-0.2, 0) is 11.0 Å². The number of halogens is 12. The molecule has 240 valence electrons. The van der Waals surface area contributed by atoms with Crippen LogP contribution in [0.1, 0.15) is 28.1 Å². The summed E-state index contributed by atoms with van der Waals surface area (Å²) < 4.78 is 180. The lowest BCUT2D eigenvalue weighted by Gasteiger charge is -2.38. The van der Waals surface area contributed by atoms with Gasteiger partial charge in [0.25, 0.3) is 5.60 Å². The Kier molecular flexibility index (Phi) is 7.04. The molecule has 0 spiro atoms. The van der Waals surface area contributed by atoms with Crippen molar-refractivity contribution in [2.75, 3.05) is 0 Å². The fourth-order valence-corrected chi connectivity index (χ4v) is 5.15. The largest absolute Gasteiger partial charge is 0.441 e. The summed E-state index contributed by atoms with van der Waals surface area (Å²) in [5.41, 5.74) is -16.6. The van der Waals surface area contributed by atoms with Crippen LogP contribution in [0.25, 0.3) is 33.7 Å². The Morgan fingerprint density at radius 1 is 0.556 bits per heavy atom. The molecule has 3 aromatic carbocycles. The number of oxazole rings is 2. The molecule has 2 aromatic heterocycles. The van der Waals surface area contributed by atoms with Gasteiger partial charge in [-0.1, -0.05) is 18.2 Å². The van der Waals surface area contributed by atoms with E-state index in [9.17, 15) is 57.8 Å². The molecule has 1 N–H and O–H groups in total. The molecular weight excluding hydrogens is 640 g/mol. The zero-order valence-corrected chi connectivity index (χ0v) is 22.4. The lowest BCUT2D eigenvalue weighted by molar-refractivity contribution is -0.376. The van der Waals surface area contributed by atoms with Gasteiger partial charge >= 0.3 is 24.7 Å². The molecule has 0 unspecified atom stereocenters. The molecule has 0 aliphatic heterocycles. The van der Waals surface area contributed by atoms with E-state index in [-0.39, 0.29) is 28.6 Å². The average molecular weight is 656 g/mol. The third kappa shape index (κ3) is 4.87. The second-order valence-corrected chi connectivity index (χ2v) is 10.2. The van der Waals surface area contributed by atoms with Crippen molar-refractivity contribution < 1.29 is 66.6 Å². The van der Waals surface area contributed by atoms with Gasteiger partial charge < -0.3 is 13.9 Å². The maximum Gasteiger partial charge on any atom is 0.430 e. The van der Waals surface area contributed by atoms with Crippen LogP contribution in [-0.4, -0.2) is 39.8 Å². The Morgan fingerprint density at radius 3 is 1.53 bits per heavy atom. The van der Waals surface area contributed by atoms with Gasteiger partial charge in [-0.3, -0.25) is 0 Å². The predicted molar refractivity (Wildman–Crippen MR) is 132 cm³/mol. The highest BCUT2D eigenvalue weighted by Gasteiger charge is 2.73. The molecule has 0 aliphatic carbocycles. The summed E-state index contributed by atoms with van der Waals surface area (Å²) in [5, 5.41) is 9.82. The van der Waals surface area contributed by atoms with Crippen molar-refractivity contribution in [3.63, 3.8) is 0 Å². The number of nitrogens with zero attached hydrogens (tertiary/aromatic N) is 2. The fourth-order valence-electron chi connectivity index (χ4n) is 5.15. The molecule has 5 nitrogen and oxygen atoms in total. The van der Waals surface area contributed by atoms with Crippen molar-refractivity contribution in [3.05, 3.63) is 82.7 Å². The summed E-state index contributed by atoms with van der Waals surface area (Å²) in [7, 11) is 0. The number of aryl methyl sites for hydroxylation is 2. The van der Waals surface area contributed by atoms with Gasteiger partial charge in [0.05, 0.1) is 0 Å². The average Bonchev–Trinajstić information content (AvgIpc) is 3.47. The van der Waals surface area contributed by atoms with Crippen LogP contribution < -0.4 is 0 Å². The number of rotatable bonds is 4. The van der Waals surface area contributed by atoms with Crippen LogP contribution in [0.4, 0.5) is 52.7 Å². The maximum atomic E-state index is 14.7. The molecule has 2 heterocycles. The van der Waals surface area contributed by atoms with Gasteiger partial charge in [0, 0.05) is 18.1 Å². The molecular formula is C28H16F12N2O3. The summed E-state index contributed by atoms with van der Waals surface area (Å²) >= 11 is 0. The van der Waals surface area contributed by atoms with Crippen molar-refractivity contribution in [3.8, 4) is 11.5 Å². The summed E-state index contributed by atoms with van der Waals surface area (Å²) in [6.45, 7) is 2.41. The van der Waals surface area contributed by atoms with Gasteiger partial charge in [0.15, 0.2) is 17.1 Å². The number of aromatic nitrogens is 2. The van der Waals surface area contributed by atoms with Crippen LogP contribution >= 0.6 is 0 Å². The molecule has 0 saturated carbocycles. The highest BCUT2D eigenvalue weighted by atomic mass is 19.4. The maximum absolute atomic E-state index is 14.7. The summed E-state index contributed by atoms with van der Waals surface area (Å²) in [4.78, 5) is 7.59. The first-order chi connectivity index (χ1) is 20.5. The van der Waals surface area contributed by atoms with Gasteiger partial charge in [-0.05, 0) is 60.0 Å². The highest BCUT2D eigenvalue weighted by Crippen LogP contribution is 2.57. The second-order valence-electron chi connectivity index (χ2n) is 10.2. The molecule has 5 aromatic rings. The van der Waals surface area contributed by atoms with Crippen LogP contribution in [0.5, 0.6) is 0 Å². The van der Waals surface area contributed by atoms with Crippen molar-refractivity contribution >= 4 is 22.2 Å². The van der Waals surface area contributed by atoms with Gasteiger partial charge in [-0.25, -0.2) is 9.97 Å². The van der Waals surface area contributed by atoms with E-state index in [1.807, 2.05) is 0 Å². The smallest absolute Gasteiger partial charge is 0.430 e. The quantitative estimate of drug-likeness (QED) is 0.196. The molecule has 45 heavy (non-hydrogen) atoms. The third-order valence-electron chi connectivity index (χ3n) is 7.16. The van der Waals surface area contributed by atoms with Gasteiger partial charge in [0.1, 0.15) is 11.0 Å². The van der Waals surface area contributed by atoms with Crippen molar-refractivity contribution in [1.82, 2.24) is 9.97 Å². The number of hydrogen-bond donors (Lipinski definition) is 1. The van der Waals surface area contributed by atoms with Crippen molar-refractivity contribution in [1.29, 1.82) is 0 Å². The van der Waals surface area contributed by atoms with Gasteiger partial charge in [-0.2, -0.15) is 52.7 Å². The van der Waals surface area contributed by atoms with Crippen LogP contribution in [0.15, 0.2) is 63.4 Å². The van der Waals surface area contributed by atoms with Gasteiger partial charge in [0.2, 0.25) is 11.3 Å². The summed E-state index contributed by atoms with van der Waals surface area (Å²) in [6, 6.07) is 5.25. The Bertz CT molecular complexity index is 1880. The SMILES string of the molecule is Cc1cc(-c2nc3cc(C(c4ccc5oc(C)nc5c4)(C(F)(F)F)C(F)(F)F)ccc3o2)cc(C(O)(C(F)(F)F)C(F)(F)F)c1. The van der Waals surface area contributed by atoms with E-state index in [1.165, 1.54) is 6.92 Å². The van der Waals surface area contributed by atoms with Crippen LogP contribution in [0.2, 0.25) is 0 Å². The third-order valence-corrected chi connectivity index (χ3v) is 7.16. The van der Waals surface area contributed by atoms with E-state index in [0.717, 1.165) is 19.1 Å². The Labute approximate surface area is 243 Å². The zero-order chi connectivity index (χ0) is 33.5.